The smallest absolute Gasteiger partial charge is 0.214 e. The van der Waals surface area contributed by atoms with Gasteiger partial charge in [-0.1, -0.05) is 6.92 Å². The topological polar surface area (TPSA) is 54.5 Å². The van der Waals surface area contributed by atoms with E-state index in [1.807, 2.05) is 6.92 Å². The Kier molecular flexibility index (Phi) is 5.02. The summed E-state index contributed by atoms with van der Waals surface area (Å²) in [4.78, 5) is 0. The van der Waals surface area contributed by atoms with Crippen LogP contribution in [0.15, 0.2) is 0 Å². The Morgan fingerprint density at radius 2 is 1.93 bits per heavy atom. The van der Waals surface area contributed by atoms with Crippen molar-refractivity contribution in [1.82, 2.24) is 4.31 Å². The lowest BCUT2D eigenvalue weighted by Gasteiger charge is -2.26. The van der Waals surface area contributed by atoms with Crippen LogP contribution >= 0.6 is 11.6 Å². The van der Waals surface area contributed by atoms with Crippen LogP contribution in [0.4, 0.5) is 0 Å². The first-order valence-corrected chi connectivity index (χ1v) is 8.47. The molecule has 0 bridgehead atoms. The normalized spacial score (nSPS) is 22.8. The van der Waals surface area contributed by atoms with Gasteiger partial charge in [-0.2, -0.15) is 0 Å². The van der Waals surface area contributed by atoms with Crippen LogP contribution in [0.3, 0.4) is 0 Å². The van der Waals surface area contributed by atoms with E-state index in [0.29, 0.717) is 30.5 Å². The average Bonchev–Trinajstić information content (AvgIpc) is 2.17. The Bertz CT molecular complexity index is 321. The predicted molar refractivity (Wildman–Crippen MR) is 63.1 cm³/mol. The molecule has 1 rings (SSSR count). The molecule has 0 saturated carbocycles. The molecule has 90 valence electrons. The minimum absolute atomic E-state index is 0.0379. The van der Waals surface area contributed by atoms with Crippen molar-refractivity contribution < 1.29 is 12.6 Å². The molecule has 1 unspecified atom stereocenters. The van der Waals surface area contributed by atoms with Crippen LogP contribution in [0.5, 0.6) is 0 Å². The maximum Gasteiger partial charge on any atom is 0.214 e. The zero-order chi connectivity index (χ0) is 11.5. The highest BCUT2D eigenvalue weighted by Gasteiger charge is 2.27. The third-order valence-corrected chi connectivity index (χ3v) is 6.23. The average molecular weight is 274 g/mol. The molecule has 1 heterocycles. The van der Waals surface area contributed by atoms with Crippen LogP contribution in [-0.4, -0.2) is 53.2 Å². The molecule has 0 aromatic heterocycles. The van der Waals surface area contributed by atoms with E-state index in [0.717, 1.165) is 0 Å². The predicted octanol–water partition coefficient (Wildman–Crippen LogP) is 0.255. The largest absolute Gasteiger partial charge is 0.259 e. The van der Waals surface area contributed by atoms with Crippen LogP contribution in [0, 0.1) is 5.92 Å². The molecular formula is C8H16ClNO3S2. The monoisotopic (exact) mass is 273 g/mol. The number of hydrogen-bond donors (Lipinski definition) is 0. The number of rotatable bonds is 4. The van der Waals surface area contributed by atoms with Gasteiger partial charge in [-0.15, -0.1) is 11.6 Å². The molecule has 1 aliphatic heterocycles. The fourth-order valence-electron chi connectivity index (χ4n) is 1.41. The third kappa shape index (κ3) is 4.01. The third-order valence-electron chi connectivity index (χ3n) is 2.29. The molecule has 4 nitrogen and oxygen atoms in total. The number of nitrogens with zero attached hydrogens (tertiary/aromatic N) is 1. The first kappa shape index (κ1) is 13.4. The van der Waals surface area contributed by atoms with E-state index in [2.05, 4.69) is 0 Å². The van der Waals surface area contributed by atoms with Gasteiger partial charge in [0.15, 0.2) is 0 Å². The van der Waals surface area contributed by atoms with Crippen molar-refractivity contribution in [3.63, 3.8) is 0 Å². The van der Waals surface area contributed by atoms with Gasteiger partial charge in [-0.05, 0) is 5.92 Å². The highest BCUT2D eigenvalue weighted by molar-refractivity contribution is 7.89. The lowest BCUT2D eigenvalue weighted by atomic mass is 10.3. The molecule has 0 aliphatic carbocycles. The van der Waals surface area contributed by atoms with Gasteiger partial charge in [-0.25, -0.2) is 12.7 Å². The van der Waals surface area contributed by atoms with E-state index in [1.165, 1.54) is 4.31 Å². The SMILES string of the molecule is CC(CCl)CS(=O)(=O)N1CCS(=O)CC1. The molecule has 0 aromatic carbocycles. The molecule has 0 aromatic rings. The molecule has 0 radical (unpaired) electrons. The van der Waals surface area contributed by atoms with Crippen molar-refractivity contribution in [2.45, 2.75) is 6.92 Å². The summed E-state index contributed by atoms with van der Waals surface area (Å²) >= 11 is 5.59. The summed E-state index contributed by atoms with van der Waals surface area (Å²) in [6, 6.07) is 0. The molecule has 1 fully saturated rings. The van der Waals surface area contributed by atoms with Crippen molar-refractivity contribution in [3.8, 4) is 0 Å². The summed E-state index contributed by atoms with van der Waals surface area (Å²) in [7, 11) is -4.05. The number of hydrogen-bond acceptors (Lipinski definition) is 3. The Hall–Kier alpha value is 0.350. The van der Waals surface area contributed by atoms with Gasteiger partial charge in [0, 0.05) is 41.3 Å². The Morgan fingerprint density at radius 1 is 1.40 bits per heavy atom. The van der Waals surface area contributed by atoms with Crippen molar-refractivity contribution in [3.05, 3.63) is 0 Å². The van der Waals surface area contributed by atoms with Gasteiger partial charge >= 0.3 is 0 Å². The quantitative estimate of drug-likeness (QED) is 0.691. The number of halogens is 1. The van der Waals surface area contributed by atoms with Crippen molar-refractivity contribution in [2.24, 2.45) is 5.92 Å². The van der Waals surface area contributed by atoms with Crippen molar-refractivity contribution >= 4 is 32.4 Å². The Labute approximate surface area is 98.5 Å². The van der Waals surface area contributed by atoms with Crippen LogP contribution in [0.1, 0.15) is 6.92 Å². The molecule has 1 atom stereocenters. The lowest BCUT2D eigenvalue weighted by Crippen LogP contribution is -2.43. The molecule has 15 heavy (non-hydrogen) atoms. The van der Waals surface area contributed by atoms with E-state index in [-0.39, 0.29) is 11.7 Å². The van der Waals surface area contributed by atoms with Gasteiger partial charge < -0.3 is 0 Å². The number of sulfonamides is 1. The first-order valence-electron chi connectivity index (χ1n) is 4.84. The van der Waals surface area contributed by atoms with Crippen molar-refractivity contribution in [2.75, 3.05) is 36.2 Å². The standard InChI is InChI=1S/C8H16ClNO3S2/c1-8(6-9)7-15(12,13)10-2-4-14(11)5-3-10/h8H,2-7H2,1H3. The molecule has 7 heteroatoms. The summed E-state index contributed by atoms with van der Waals surface area (Å²) in [5.74, 6) is 1.30. The fourth-order valence-corrected chi connectivity index (χ4v) is 4.72. The molecule has 0 N–H and O–H groups in total. The zero-order valence-corrected chi connectivity index (χ0v) is 11.1. The van der Waals surface area contributed by atoms with Gasteiger partial charge in [0.25, 0.3) is 0 Å². The molecule has 1 aliphatic rings. The van der Waals surface area contributed by atoms with Gasteiger partial charge in [0.05, 0.1) is 5.75 Å². The minimum atomic E-state index is -3.20. The minimum Gasteiger partial charge on any atom is -0.259 e. The molecular weight excluding hydrogens is 258 g/mol. The molecule has 1 saturated heterocycles. The Morgan fingerprint density at radius 3 is 2.40 bits per heavy atom. The summed E-state index contributed by atoms with van der Waals surface area (Å²) in [5.41, 5.74) is 0. The number of alkyl halides is 1. The van der Waals surface area contributed by atoms with Crippen molar-refractivity contribution in [1.29, 1.82) is 0 Å². The summed E-state index contributed by atoms with van der Waals surface area (Å²) in [5, 5.41) is 0. The van der Waals surface area contributed by atoms with Gasteiger partial charge in [0.1, 0.15) is 0 Å². The summed E-state index contributed by atoms with van der Waals surface area (Å²) < 4.78 is 36.2. The van der Waals surface area contributed by atoms with E-state index in [1.54, 1.807) is 0 Å². The molecule has 0 spiro atoms. The van der Waals surface area contributed by atoms with Crippen LogP contribution in [-0.2, 0) is 20.8 Å². The summed E-state index contributed by atoms with van der Waals surface area (Å²) in [6.07, 6.45) is 0. The first-order chi connectivity index (χ1) is 6.95. The van der Waals surface area contributed by atoms with E-state index < -0.39 is 20.8 Å². The molecule has 0 amide bonds. The zero-order valence-electron chi connectivity index (χ0n) is 8.69. The fraction of sp³-hybridized carbons (Fsp3) is 1.00. The van der Waals surface area contributed by atoms with Crippen LogP contribution in [0.2, 0.25) is 0 Å². The second-order valence-corrected chi connectivity index (χ2v) is 7.80. The second-order valence-electron chi connectivity index (χ2n) is 3.79. The van der Waals surface area contributed by atoms with Crippen LogP contribution in [0.25, 0.3) is 0 Å². The lowest BCUT2D eigenvalue weighted by molar-refractivity contribution is 0.434. The van der Waals surface area contributed by atoms with Crippen LogP contribution < -0.4 is 0 Å². The van der Waals surface area contributed by atoms with Gasteiger partial charge in [0.2, 0.25) is 10.0 Å². The van der Waals surface area contributed by atoms with E-state index in [4.69, 9.17) is 11.6 Å². The maximum atomic E-state index is 11.8. The van der Waals surface area contributed by atoms with E-state index >= 15 is 0 Å². The summed E-state index contributed by atoms with van der Waals surface area (Å²) in [6.45, 7) is 2.57. The second kappa shape index (κ2) is 5.61. The maximum absolute atomic E-state index is 11.8. The highest BCUT2D eigenvalue weighted by atomic mass is 35.5. The highest BCUT2D eigenvalue weighted by Crippen LogP contribution is 2.11. The Balaban J connectivity index is 2.58. The van der Waals surface area contributed by atoms with Gasteiger partial charge in [-0.3, -0.25) is 4.21 Å². The van der Waals surface area contributed by atoms with E-state index in [9.17, 15) is 12.6 Å².